The van der Waals surface area contributed by atoms with Crippen LogP contribution in [0.4, 0.5) is 0 Å². The Hall–Kier alpha value is -1.99. The van der Waals surface area contributed by atoms with Gasteiger partial charge in [-0.25, -0.2) is 0 Å². The second-order valence-electron chi connectivity index (χ2n) is 7.81. The zero-order valence-corrected chi connectivity index (χ0v) is 15.9. The van der Waals surface area contributed by atoms with E-state index in [9.17, 15) is 4.79 Å². The molecule has 0 spiro atoms. The highest BCUT2D eigenvalue weighted by Gasteiger charge is 2.32. The summed E-state index contributed by atoms with van der Waals surface area (Å²) in [6.45, 7) is 9.17. The predicted octanol–water partition coefficient (Wildman–Crippen LogP) is 1.66. The Bertz CT molecular complexity index is 794. The molecule has 2 aliphatic heterocycles. The van der Waals surface area contributed by atoms with Gasteiger partial charge in [0.05, 0.1) is 11.6 Å². The molecule has 7 heteroatoms. The van der Waals surface area contributed by atoms with Gasteiger partial charge in [0.15, 0.2) is 11.5 Å². The van der Waals surface area contributed by atoms with Gasteiger partial charge in [0.2, 0.25) is 0 Å². The third-order valence-electron chi connectivity index (χ3n) is 5.66. The number of fused-ring (bicyclic) bond motifs is 1. The van der Waals surface area contributed by atoms with Gasteiger partial charge in [-0.05, 0) is 45.9 Å². The fourth-order valence-electron chi connectivity index (χ4n) is 4.15. The Labute approximate surface area is 154 Å². The Morgan fingerprint density at radius 1 is 1.12 bits per heavy atom. The lowest BCUT2D eigenvalue weighted by Gasteiger charge is -2.41. The molecule has 2 fully saturated rings. The molecule has 0 aromatic carbocycles. The molecule has 7 nitrogen and oxygen atoms in total. The fourth-order valence-corrected chi connectivity index (χ4v) is 4.15. The van der Waals surface area contributed by atoms with E-state index in [1.807, 2.05) is 27.6 Å². The maximum absolute atomic E-state index is 12.8. The van der Waals surface area contributed by atoms with Crippen molar-refractivity contribution >= 4 is 11.6 Å². The van der Waals surface area contributed by atoms with Crippen LogP contribution in [0.2, 0.25) is 0 Å². The van der Waals surface area contributed by atoms with Crippen LogP contribution in [0.15, 0.2) is 18.3 Å². The number of rotatable bonds is 3. The van der Waals surface area contributed by atoms with E-state index < -0.39 is 0 Å². The van der Waals surface area contributed by atoms with E-state index >= 15 is 0 Å². The molecule has 1 atom stereocenters. The molecular formula is C19H28N6O. The number of likely N-dealkylation sites (N-methyl/N-ethyl adjacent to an activating group) is 1. The smallest absolute Gasteiger partial charge is 0.255 e. The van der Waals surface area contributed by atoms with Gasteiger partial charge in [-0.1, -0.05) is 0 Å². The Morgan fingerprint density at radius 2 is 1.88 bits per heavy atom. The normalized spacial score (nSPS) is 22.6. The third-order valence-corrected chi connectivity index (χ3v) is 5.66. The number of carbonyl (C=O) groups is 1. The van der Waals surface area contributed by atoms with Crippen molar-refractivity contribution in [3.05, 3.63) is 29.7 Å². The first-order chi connectivity index (χ1) is 12.5. The van der Waals surface area contributed by atoms with Gasteiger partial charge in [0.25, 0.3) is 5.91 Å². The van der Waals surface area contributed by atoms with Gasteiger partial charge in [0.1, 0.15) is 0 Å². The topological polar surface area (TPSA) is 57.0 Å². The van der Waals surface area contributed by atoms with Crippen LogP contribution in [0.3, 0.4) is 0 Å². The molecule has 4 heterocycles. The summed E-state index contributed by atoms with van der Waals surface area (Å²) in [5.74, 6) is 1.04. The number of nitrogens with zero attached hydrogens (tertiary/aromatic N) is 6. The minimum Gasteiger partial charge on any atom is -0.339 e. The van der Waals surface area contributed by atoms with Gasteiger partial charge < -0.3 is 9.80 Å². The summed E-state index contributed by atoms with van der Waals surface area (Å²) < 4.78 is 2.02. The molecule has 0 aliphatic carbocycles. The molecule has 2 aromatic rings. The quantitative estimate of drug-likeness (QED) is 0.837. The maximum Gasteiger partial charge on any atom is 0.255 e. The molecular weight excluding hydrogens is 328 g/mol. The summed E-state index contributed by atoms with van der Waals surface area (Å²) >= 11 is 0. The van der Waals surface area contributed by atoms with Gasteiger partial charge in [0, 0.05) is 45.0 Å². The van der Waals surface area contributed by atoms with Crippen LogP contribution in [0, 0.1) is 0 Å². The van der Waals surface area contributed by atoms with Crippen molar-refractivity contribution in [3.63, 3.8) is 0 Å². The van der Waals surface area contributed by atoms with Crippen LogP contribution in [0.1, 0.15) is 48.9 Å². The first-order valence-corrected chi connectivity index (χ1v) is 9.63. The van der Waals surface area contributed by atoms with E-state index in [1.54, 1.807) is 0 Å². The Kier molecular flexibility index (Phi) is 4.67. The molecule has 140 valence electrons. The largest absolute Gasteiger partial charge is 0.339 e. The Morgan fingerprint density at radius 3 is 2.62 bits per heavy atom. The second kappa shape index (κ2) is 6.96. The minimum absolute atomic E-state index is 0.116. The van der Waals surface area contributed by atoms with Crippen molar-refractivity contribution < 1.29 is 4.79 Å². The zero-order valence-electron chi connectivity index (χ0n) is 15.9. The van der Waals surface area contributed by atoms with E-state index in [0.29, 0.717) is 6.04 Å². The monoisotopic (exact) mass is 356 g/mol. The molecule has 0 unspecified atom stereocenters. The van der Waals surface area contributed by atoms with Crippen LogP contribution in [-0.2, 0) is 0 Å². The lowest BCUT2D eigenvalue weighted by atomic mass is 10.1. The number of pyridine rings is 1. The fraction of sp³-hybridized carbons (Fsp3) is 0.632. The molecule has 0 bridgehead atoms. The summed E-state index contributed by atoms with van der Waals surface area (Å²) in [5, 5.41) is 8.86. The SMILES string of the molecule is CC(C)N1CCN(C)C[C@@H]1c1nnc2ccc(C(=O)N3CCCC3)cn12. The summed E-state index contributed by atoms with van der Waals surface area (Å²) in [7, 11) is 2.15. The van der Waals surface area contributed by atoms with Crippen molar-refractivity contribution in [1.82, 2.24) is 29.3 Å². The Balaban J connectivity index is 1.70. The highest BCUT2D eigenvalue weighted by molar-refractivity contribution is 5.94. The van der Waals surface area contributed by atoms with E-state index in [4.69, 9.17) is 0 Å². The molecule has 0 radical (unpaired) electrons. The molecule has 2 aromatic heterocycles. The van der Waals surface area contributed by atoms with Crippen LogP contribution >= 0.6 is 0 Å². The molecule has 0 saturated carbocycles. The van der Waals surface area contributed by atoms with Crippen molar-refractivity contribution in [3.8, 4) is 0 Å². The van der Waals surface area contributed by atoms with Crippen molar-refractivity contribution in [2.45, 2.75) is 38.8 Å². The van der Waals surface area contributed by atoms with Gasteiger partial charge >= 0.3 is 0 Å². The first-order valence-electron chi connectivity index (χ1n) is 9.63. The van der Waals surface area contributed by atoms with Crippen LogP contribution in [0.5, 0.6) is 0 Å². The number of piperazine rings is 1. The molecule has 4 rings (SSSR count). The van der Waals surface area contributed by atoms with Gasteiger partial charge in [-0.3, -0.25) is 14.1 Å². The molecule has 2 saturated heterocycles. The standard InChI is InChI=1S/C19H28N6O/c1-14(2)24-11-10-22(3)13-16(24)18-21-20-17-7-6-15(12-25(17)18)19(26)23-8-4-5-9-23/h6-7,12,14,16H,4-5,8-11,13H2,1-3H3/t16-/m1/s1. The van der Waals surface area contributed by atoms with Crippen LogP contribution in [0.25, 0.3) is 5.65 Å². The van der Waals surface area contributed by atoms with Crippen LogP contribution in [-0.4, -0.2) is 81.0 Å². The van der Waals surface area contributed by atoms with E-state index in [0.717, 1.165) is 62.6 Å². The van der Waals surface area contributed by atoms with Crippen molar-refractivity contribution in [1.29, 1.82) is 0 Å². The number of hydrogen-bond donors (Lipinski definition) is 0. The van der Waals surface area contributed by atoms with Crippen molar-refractivity contribution in [2.75, 3.05) is 39.8 Å². The number of hydrogen-bond acceptors (Lipinski definition) is 5. The maximum atomic E-state index is 12.8. The van der Waals surface area contributed by atoms with Gasteiger partial charge in [-0.2, -0.15) is 0 Å². The molecule has 0 N–H and O–H groups in total. The lowest BCUT2D eigenvalue weighted by molar-refractivity contribution is 0.0586. The highest BCUT2D eigenvalue weighted by Crippen LogP contribution is 2.26. The number of carbonyl (C=O) groups excluding carboxylic acids is 1. The van der Waals surface area contributed by atoms with Crippen LogP contribution < -0.4 is 0 Å². The lowest BCUT2D eigenvalue weighted by Crippen LogP contribution is -2.50. The van der Waals surface area contributed by atoms with E-state index in [2.05, 4.69) is 40.9 Å². The summed E-state index contributed by atoms with van der Waals surface area (Å²) in [6.07, 6.45) is 4.13. The molecule has 1 amide bonds. The zero-order chi connectivity index (χ0) is 18.3. The number of likely N-dealkylation sites (tertiary alicyclic amines) is 1. The average molecular weight is 356 g/mol. The first kappa shape index (κ1) is 17.4. The highest BCUT2D eigenvalue weighted by atomic mass is 16.2. The van der Waals surface area contributed by atoms with E-state index in [-0.39, 0.29) is 11.9 Å². The van der Waals surface area contributed by atoms with Crippen molar-refractivity contribution in [2.24, 2.45) is 0 Å². The number of aromatic nitrogens is 3. The minimum atomic E-state index is 0.116. The third kappa shape index (κ3) is 3.10. The van der Waals surface area contributed by atoms with E-state index in [1.165, 1.54) is 0 Å². The molecule has 26 heavy (non-hydrogen) atoms. The average Bonchev–Trinajstić information content (AvgIpc) is 3.30. The summed E-state index contributed by atoms with van der Waals surface area (Å²) in [6, 6.07) is 4.41. The predicted molar refractivity (Wildman–Crippen MR) is 100 cm³/mol. The summed E-state index contributed by atoms with van der Waals surface area (Å²) in [4.78, 5) is 19.5. The molecule has 2 aliphatic rings. The number of amides is 1. The summed E-state index contributed by atoms with van der Waals surface area (Å²) in [5.41, 5.74) is 1.52. The van der Waals surface area contributed by atoms with Gasteiger partial charge in [-0.15, -0.1) is 10.2 Å². The second-order valence-corrected chi connectivity index (χ2v) is 7.81.